The number of hydrogen-bond donors (Lipinski definition) is 0. The zero-order chi connectivity index (χ0) is 25.4. The molecule has 4 aromatic rings. The number of nitrogens with zero attached hydrogens (tertiary/aromatic N) is 4. The lowest BCUT2D eigenvalue weighted by Gasteiger charge is -2.08. The smallest absolute Gasteiger partial charge is 0.487 e. The van der Waals surface area contributed by atoms with Crippen molar-refractivity contribution >= 4 is 23.5 Å². The summed E-state index contributed by atoms with van der Waals surface area (Å²) >= 11 is 1.38. The molecule has 2 heterocycles. The fourth-order valence-electron chi connectivity index (χ4n) is 3.00. The van der Waals surface area contributed by atoms with E-state index in [-0.39, 0.29) is 19.0 Å². The second-order valence-electron chi connectivity index (χ2n) is 7.39. The summed E-state index contributed by atoms with van der Waals surface area (Å²) in [4.78, 5) is 4.43. The fraction of sp³-hybridized carbons (Fsp3) is 0.208. The van der Waals surface area contributed by atoms with Crippen molar-refractivity contribution in [2.45, 2.75) is 26.1 Å². The van der Waals surface area contributed by atoms with E-state index in [2.05, 4.69) is 20.0 Å². The monoisotopic (exact) mass is 520 g/mol. The van der Waals surface area contributed by atoms with Crippen molar-refractivity contribution in [3.8, 4) is 11.5 Å². The van der Waals surface area contributed by atoms with Gasteiger partial charge in [-0.2, -0.15) is 0 Å². The third-order valence-corrected chi connectivity index (χ3v) is 5.57. The van der Waals surface area contributed by atoms with Gasteiger partial charge >= 0.3 is 6.36 Å². The summed E-state index contributed by atoms with van der Waals surface area (Å²) < 4.78 is 67.7. The highest BCUT2D eigenvalue weighted by molar-refractivity contribution is 7.10. The largest absolute Gasteiger partial charge is 0.573 e. The Morgan fingerprint density at radius 1 is 1.00 bits per heavy atom. The van der Waals surface area contributed by atoms with Crippen molar-refractivity contribution in [1.29, 1.82) is 0 Å². The van der Waals surface area contributed by atoms with Gasteiger partial charge in [0, 0.05) is 23.2 Å². The summed E-state index contributed by atoms with van der Waals surface area (Å²) in [5.74, 6) is -0.347. The molecule has 0 aliphatic carbocycles. The van der Waals surface area contributed by atoms with Gasteiger partial charge in [0.2, 0.25) is 0 Å². The van der Waals surface area contributed by atoms with Crippen LogP contribution in [0.5, 0.6) is 11.5 Å². The van der Waals surface area contributed by atoms with Gasteiger partial charge in [0.05, 0.1) is 31.6 Å². The second kappa shape index (κ2) is 11.8. The lowest BCUT2D eigenvalue weighted by molar-refractivity contribution is -0.274. The molecule has 0 saturated heterocycles. The highest BCUT2D eigenvalue weighted by Gasteiger charge is 2.30. The van der Waals surface area contributed by atoms with Crippen molar-refractivity contribution in [2.24, 2.45) is 0 Å². The molecule has 2 aromatic heterocycles. The number of benzene rings is 2. The highest BCUT2D eigenvalue weighted by atomic mass is 32.1. The maximum absolute atomic E-state index is 14.4. The van der Waals surface area contributed by atoms with Gasteiger partial charge in [0.15, 0.2) is 0 Å². The van der Waals surface area contributed by atoms with Gasteiger partial charge < -0.3 is 14.2 Å². The first-order valence-electron chi connectivity index (χ1n) is 10.7. The Morgan fingerprint density at radius 2 is 1.81 bits per heavy atom. The van der Waals surface area contributed by atoms with E-state index in [1.165, 1.54) is 41.7 Å². The molecule has 4 rings (SSSR count). The number of thiazole rings is 1. The summed E-state index contributed by atoms with van der Waals surface area (Å²) in [6.45, 7) is 1.18. The van der Waals surface area contributed by atoms with Crippen LogP contribution in [-0.4, -0.2) is 32.9 Å². The van der Waals surface area contributed by atoms with Crippen LogP contribution in [0.1, 0.15) is 21.8 Å². The lowest BCUT2D eigenvalue weighted by atomic mass is 10.2. The van der Waals surface area contributed by atoms with Crippen LogP contribution < -0.4 is 9.47 Å². The number of ether oxygens (including phenoxy) is 3. The van der Waals surface area contributed by atoms with E-state index < -0.39 is 12.2 Å². The summed E-state index contributed by atoms with van der Waals surface area (Å²) in [5, 5.41) is 10.0. The molecule has 12 heteroatoms. The Hall–Kier alpha value is -3.77. The van der Waals surface area contributed by atoms with Gasteiger partial charge in [0.25, 0.3) is 0 Å². The molecular formula is C24H20F4N4O3S. The number of alkyl halides is 3. The number of aromatic nitrogens is 4. The van der Waals surface area contributed by atoms with Crippen LogP contribution in [0.2, 0.25) is 0 Å². The van der Waals surface area contributed by atoms with Gasteiger partial charge in [0.1, 0.15) is 28.9 Å². The molecule has 2 aromatic carbocycles. The van der Waals surface area contributed by atoms with Gasteiger partial charge in [-0.1, -0.05) is 29.5 Å². The topological polar surface area (TPSA) is 71.3 Å². The van der Waals surface area contributed by atoms with Crippen LogP contribution in [0.4, 0.5) is 17.6 Å². The van der Waals surface area contributed by atoms with E-state index in [0.717, 1.165) is 0 Å². The summed E-state index contributed by atoms with van der Waals surface area (Å²) in [6.07, 6.45) is 2.04. The molecular weight excluding hydrogens is 500 g/mol. The molecule has 0 saturated carbocycles. The Kier molecular flexibility index (Phi) is 8.28. The molecule has 0 amide bonds. The zero-order valence-corrected chi connectivity index (χ0v) is 19.5. The fourth-order valence-corrected chi connectivity index (χ4v) is 3.69. The maximum Gasteiger partial charge on any atom is 0.573 e. The van der Waals surface area contributed by atoms with Crippen LogP contribution in [-0.2, 0) is 24.5 Å². The van der Waals surface area contributed by atoms with Gasteiger partial charge in [-0.15, -0.1) is 29.6 Å². The molecule has 0 aliphatic rings. The van der Waals surface area contributed by atoms with Crippen molar-refractivity contribution < 1.29 is 31.8 Å². The first-order valence-corrected chi connectivity index (χ1v) is 11.5. The van der Waals surface area contributed by atoms with Crippen molar-refractivity contribution in [3.05, 3.63) is 87.9 Å². The van der Waals surface area contributed by atoms with Gasteiger partial charge in [-0.05, 0) is 29.8 Å². The molecule has 0 fully saturated rings. The van der Waals surface area contributed by atoms with Crippen LogP contribution in [0.25, 0.3) is 12.2 Å². The average molecular weight is 521 g/mol. The molecule has 0 spiro atoms. The molecule has 36 heavy (non-hydrogen) atoms. The first kappa shape index (κ1) is 25.3. The van der Waals surface area contributed by atoms with Crippen LogP contribution in [0, 0.1) is 5.82 Å². The quantitative estimate of drug-likeness (QED) is 0.186. The van der Waals surface area contributed by atoms with E-state index in [4.69, 9.17) is 9.47 Å². The Morgan fingerprint density at radius 3 is 2.53 bits per heavy atom. The predicted molar refractivity (Wildman–Crippen MR) is 125 cm³/mol. The molecule has 0 unspecified atom stereocenters. The van der Waals surface area contributed by atoms with E-state index in [9.17, 15) is 17.6 Å². The Bertz CT molecular complexity index is 1280. The molecule has 188 valence electrons. The van der Waals surface area contributed by atoms with E-state index >= 15 is 0 Å². The zero-order valence-electron chi connectivity index (χ0n) is 18.7. The standard InChI is InChI=1S/C24H20F4N4O3S/c25-22-13-21(7-4-18(22)14-33-12-11-32-10-9-29-31-32)34-15-19-16-36-23(30-19)8-3-17-1-5-20(6-2-17)35-24(26,27)28/h1-10,13,16H,11-12,14-15H2/b8-3+. The average Bonchev–Trinajstić information content (AvgIpc) is 3.52. The normalized spacial score (nSPS) is 11.8. The summed E-state index contributed by atoms with van der Waals surface area (Å²) in [7, 11) is 0. The lowest BCUT2D eigenvalue weighted by Crippen LogP contribution is -2.16. The molecule has 0 radical (unpaired) electrons. The van der Waals surface area contributed by atoms with E-state index in [0.29, 0.717) is 40.7 Å². The first-order chi connectivity index (χ1) is 17.3. The molecule has 0 N–H and O–H groups in total. The SMILES string of the molecule is Fc1cc(OCc2csc(/C=C/c3ccc(OC(F)(F)F)cc3)n2)ccc1COCCn1ccnn1. The van der Waals surface area contributed by atoms with Gasteiger partial charge in [-0.25, -0.2) is 9.37 Å². The minimum atomic E-state index is -4.72. The minimum absolute atomic E-state index is 0.126. The maximum atomic E-state index is 14.4. The Labute approximate surface area is 207 Å². The highest BCUT2D eigenvalue weighted by Crippen LogP contribution is 2.24. The van der Waals surface area contributed by atoms with Crippen LogP contribution in [0.15, 0.2) is 60.2 Å². The predicted octanol–water partition coefficient (Wildman–Crippen LogP) is 5.74. The van der Waals surface area contributed by atoms with Crippen molar-refractivity contribution in [3.63, 3.8) is 0 Å². The summed E-state index contributed by atoms with van der Waals surface area (Å²) in [6, 6.07) is 10.1. The Balaban J connectivity index is 1.23. The van der Waals surface area contributed by atoms with E-state index in [1.54, 1.807) is 41.4 Å². The molecule has 0 aliphatic heterocycles. The van der Waals surface area contributed by atoms with Crippen LogP contribution >= 0.6 is 11.3 Å². The van der Waals surface area contributed by atoms with Crippen molar-refractivity contribution in [2.75, 3.05) is 6.61 Å². The number of halogens is 4. The number of rotatable bonds is 11. The number of hydrogen-bond acceptors (Lipinski definition) is 7. The molecule has 0 bridgehead atoms. The van der Waals surface area contributed by atoms with Gasteiger partial charge in [-0.3, -0.25) is 4.68 Å². The van der Waals surface area contributed by atoms with Crippen LogP contribution in [0.3, 0.4) is 0 Å². The minimum Gasteiger partial charge on any atom is -0.487 e. The second-order valence-corrected chi connectivity index (χ2v) is 8.28. The summed E-state index contributed by atoms with van der Waals surface area (Å²) in [5.41, 5.74) is 1.77. The third kappa shape index (κ3) is 7.89. The van der Waals surface area contributed by atoms with Crippen molar-refractivity contribution in [1.82, 2.24) is 20.0 Å². The molecule has 0 atom stereocenters. The third-order valence-electron chi connectivity index (χ3n) is 4.71. The van der Waals surface area contributed by atoms with E-state index in [1.807, 2.05) is 5.38 Å². The molecule has 7 nitrogen and oxygen atoms in total.